The highest BCUT2D eigenvalue weighted by atomic mass is 16.6. The average molecular weight is 351 g/mol. The molecule has 0 bridgehead atoms. The highest BCUT2D eigenvalue weighted by molar-refractivity contribution is 5.96. The monoisotopic (exact) mass is 351 g/mol. The molecule has 1 amide bonds. The normalized spacial score (nSPS) is 26.3. The lowest BCUT2D eigenvalue weighted by Crippen LogP contribution is -2.53. The lowest BCUT2D eigenvalue weighted by Gasteiger charge is -2.40. The maximum atomic E-state index is 13.1. The minimum atomic E-state index is -1.16. The number of carbonyl (C=O) groups excluding carboxylic acids is 3. The first-order valence-corrected chi connectivity index (χ1v) is 8.47. The molecule has 0 N–H and O–H groups in total. The summed E-state index contributed by atoms with van der Waals surface area (Å²) in [6, 6.07) is 9.57. The molecule has 0 radical (unpaired) electrons. The fourth-order valence-corrected chi connectivity index (χ4v) is 3.44. The Morgan fingerprint density at radius 1 is 0.923 bits per heavy atom. The lowest BCUT2D eigenvalue weighted by molar-refractivity contribution is -0.172. The number of amides is 1. The van der Waals surface area contributed by atoms with Gasteiger partial charge in [0, 0.05) is 17.8 Å². The van der Waals surface area contributed by atoms with Crippen LogP contribution in [0.1, 0.15) is 18.4 Å². The molecular formula is C20H17NO5. The van der Waals surface area contributed by atoms with Crippen molar-refractivity contribution in [3.63, 3.8) is 0 Å². The first-order valence-electron chi connectivity index (χ1n) is 8.47. The quantitative estimate of drug-likeness (QED) is 0.763. The van der Waals surface area contributed by atoms with Crippen molar-refractivity contribution in [3.8, 4) is 0 Å². The number of fused-ring (bicyclic) bond motifs is 2. The van der Waals surface area contributed by atoms with Crippen LogP contribution in [0, 0.1) is 0 Å². The largest absolute Gasteiger partial charge is 0.450 e. The summed E-state index contributed by atoms with van der Waals surface area (Å²) in [7, 11) is 0. The molecule has 2 atom stereocenters. The predicted octanol–water partition coefficient (Wildman–Crippen LogP) is 2.03. The molecule has 3 aliphatic rings. The van der Waals surface area contributed by atoms with Crippen molar-refractivity contribution in [2.24, 2.45) is 0 Å². The fourth-order valence-electron chi connectivity index (χ4n) is 3.44. The third-order valence-electron chi connectivity index (χ3n) is 4.63. The van der Waals surface area contributed by atoms with E-state index in [0.29, 0.717) is 13.0 Å². The number of hydrogen-bond acceptors (Lipinski definition) is 5. The second-order valence-electron chi connectivity index (χ2n) is 6.31. The molecule has 6 heteroatoms. The molecule has 6 nitrogen and oxygen atoms in total. The van der Waals surface area contributed by atoms with Crippen LogP contribution in [0.15, 0.2) is 65.9 Å². The molecule has 0 spiro atoms. The van der Waals surface area contributed by atoms with Gasteiger partial charge in [-0.15, -0.1) is 0 Å². The molecule has 1 aliphatic carbocycles. The van der Waals surface area contributed by atoms with Crippen molar-refractivity contribution in [3.05, 3.63) is 71.5 Å². The summed E-state index contributed by atoms with van der Waals surface area (Å²) in [5.41, 5.74) is 2.49. The fraction of sp³-hybridized carbons (Fsp3) is 0.250. The number of carbonyl (C=O) groups is 3. The Hall–Kier alpha value is -3.15. The summed E-state index contributed by atoms with van der Waals surface area (Å²) in [6.07, 6.45) is 5.25. The van der Waals surface area contributed by atoms with E-state index < -0.39 is 24.1 Å². The zero-order chi connectivity index (χ0) is 18.1. The van der Waals surface area contributed by atoms with E-state index in [9.17, 15) is 14.4 Å². The van der Waals surface area contributed by atoms with Gasteiger partial charge < -0.3 is 14.4 Å². The average Bonchev–Trinajstić information content (AvgIpc) is 2.65. The number of allylic oxidation sites excluding steroid dienone is 2. The standard InChI is InChI=1S/C20H17NO5/c22-16-10-11-17(23)26-19-18(25-16)14-8-4-5-9-15(14)21(20(19)24)12-13-6-2-1-3-7-13/h1-3,5-7,9-11,18-19H,4,8,12H2/b11-10+. The molecular weight excluding hydrogens is 334 g/mol. The van der Waals surface area contributed by atoms with E-state index in [0.717, 1.165) is 35.4 Å². The minimum absolute atomic E-state index is 0.355. The summed E-state index contributed by atoms with van der Waals surface area (Å²) in [6.45, 7) is 0.355. The number of nitrogens with zero attached hydrogens (tertiary/aromatic N) is 1. The molecule has 2 aliphatic heterocycles. The van der Waals surface area contributed by atoms with Crippen molar-refractivity contribution in [1.82, 2.24) is 4.90 Å². The van der Waals surface area contributed by atoms with Gasteiger partial charge in [-0.05, 0) is 30.1 Å². The Balaban J connectivity index is 1.76. The van der Waals surface area contributed by atoms with E-state index in [1.165, 1.54) is 0 Å². The van der Waals surface area contributed by atoms with E-state index in [1.54, 1.807) is 4.90 Å². The van der Waals surface area contributed by atoms with Crippen molar-refractivity contribution < 1.29 is 23.9 Å². The summed E-state index contributed by atoms with van der Waals surface area (Å²) < 4.78 is 10.8. The van der Waals surface area contributed by atoms with Gasteiger partial charge >= 0.3 is 11.9 Å². The van der Waals surface area contributed by atoms with Crippen LogP contribution in [0.4, 0.5) is 0 Å². The minimum Gasteiger partial charge on any atom is -0.450 e. The van der Waals surface area contributed by atoms with Crippen molar-refractivity contribution in [2.75, 3.05) is 0 Å². The number of hydrogen-bond donors (Lipinski definition) is 0. The highest BCUT2D eigenvalue weighted by Gasteiger charge is 2.46. The van der Waals surface area contributed by atoms with Gasteiger partial charge in [-0.25, -0.2) is 9.59 Å². The van der Waals surface area contributed by atoms with Crippen molar-refractivity contribution >= 4 is 17.8 Å². The molecule has 1 aromatic rings. The van der Waals surface area contributed by atoms with Crippen LogP contribution < -0.4 is 0 Å². The zero-order valence-corrected chi connectivity index (χ0v) is 14.0. The van der Waals surface area contributed by atoms with E-state index in [1.807, 2.05) is 42.5 Å². The first kappa shape index (κ1) is 16.3. The molecule has 0 saturated heterocycles. The smallest absolute Gasteiger partial charge is 0.331 e. The number of ether oxygens (including phenoxy) is 2. The molecule has 1 aromatic carbocycles. The molecule has 26 heavy (non-hydrogen) atoms. The van der Waals surface area contributed by atoms with Crippen LogP contribution >= 0.6 is 0 Å². The molecule has 4 rings (SSSR count). The Labute approximate surface area is 150 Å². The van der Waals surface area contributed by atoms with Crippen LogP contribution in [0.5, 0.6) is 0 Å². The summed E-state index contributed by atoms with van der Waals surface area (Å²) in [5, 5.41) is 0. The third kappa shape index (κ3) is 2.94. The van der Waals surface area contributed by atoms with Crippen LogP contribution in [0.2, 0.25) is 0 Å². The molecule has 0 fully saturated rings. The Morgan fingerprint density at radius 3 is 2.35 bits per heavy atom. The first-order chi connectivity index (χ1) is 12.6. The van der Waals surface area contributed by atoms with E-state index in [4.69, 9.17) is 9.47 Å². The SMILES string of the molecule is O=C1/C=C/C(=O)OC2C3=C(C=CCC3)N(Cc3ccccc3)C(=O)C2O1. The Kier molecular flexibility index (Phi) is 4.16. The summed E-state index contributed by atoms with van der Waals surface area (Å²) >= 11 is 0. The topological polar surface area (TPSA) is 72.9 Å². The van der Waals surface area contributed by atoms with Crippen LogP contribution in [0.25, 0.3) is 0 Å². The molecule has 2 unspecified atom stereocenters. The van der Waals surface area contributed by atoms with Crippen LogP contribution in [0.3, 0.4) is 0 Å². The summed E-state index contributed by atoms with van der Waals surface area (Å²) in [5.74, 6) is -1.76. The second kappa shape index (κ2) is 6.63. The van der Waals surface area contributed by atoms with Gasteiger partial charge in [0.2, 0.25) is 6.10 Å². The maximum absolute atomic E-state index is 13.1. The summed E-state index contributed by atoms with van der Waals surface area (Å²) in [4.78, 5) is 38.5. The second-order valence-corrected chi connectivity index (χ2v) is 6.31. The number of rotatable bonds is 2. The van der Waals surface area contributed by atoms with E-state index in [-0.39, 0.29) is 5.91 Å². The van der Waals surface area contributed by atoms with Crippen LogP contribution in [-0.4, -0.2) is 35.0 Å². The zero-order valence-electron chi connectivity index (χ0n) is 14.0. The maximum Gasteiger partial charge on any atom is 0.331 e. The third-order valence-corrected chi connectivity index (χ3v) is 4.63. The predicted molar refractivity (Wildman–Crippen MR) is 91.3 cm³/mol. The Morgan fingerprint density at radius 2 is 1.62 bits per heavy atom. The molecule has 132 valence electrons. The lowest BCUT2D eigenvalue weighted by atomic mass is 9.88. The molecule has 0 saturated carbocycles. The van der Waals surface area contributed by atoms with Gasteiger partial charge in [0.1, 0.15) is 0 Å². The van der Waals surface area contributed by atoms with Gasteiger partial charge in [-0.2, -0.15) is 0 Å². The van der Waals surface area contributed by atoms with Gasteiger partial charge in [-0.3, -0.25) is 4.79 Å². The van der Waals surface area contributed by atoms with Gasteiger partial charge in [0.15, 0.2) is 6.10 Å². The van der Waals surface area contributed by atoms with Gasteiger partial charge in [0.25, 0.3) is 5.91 Å². The molecule has 0 aromatic heterocycles. The van der Waals surface area contributed by atoms with Gasteiger partial charge in [-0.1, -0.05) is 36.4 Å². The van der Waals surface area contributed by atoms with Crippen LogP contribution in [-0.2, 0) is 30.4 Å². The Bertz CT molecular complexity index is 852. The van der Waals surface area contributed by atoms with Crippen molar-refractivity contribution in [1.29, 1.82) is 0 Å². The van der Waals surface area contributed by atoms with E-state index >= 15 is 0 Å². The van der Waals surface area contributed by atoms with E-state index in [2.05, 4.69) is 0 Å². The molecule has 2 heterocycles. The highest BCUT2D eigenvalue weighted by Crippen LogP contribution is 2.36. The number of esters is 2. The number of benzene rings is 1. The van der Waals surface area contributed by atoms with Gasteiger partial charge in [0.05, 0.1) is 6.54 Å². The van der Waals surface area contributed by atoms with Crippen molar-refractivity contribution in [2.45, 2.75) is 31.6 Å².